The van der Waals surface area contributed by atoms with Crippen molar-refractivity contribution in [2.24, 2.45) is 0 Å². The van der Waals surface area contributed by atoms with Crippen LogP contribution in [0, 0.1) is 6.92 Å². The van der Waals surface area contributed by atoms with Gasteiger partial charge in [-0.05, 0) is 60.5 Å². The minimum atomic E-state index is -1.06. The molecule has 6 nitrogen and oxygen atoms in total. The first-order valence-corrected chi connectivity index (χ1v) is 10.6. The van der Waals surface area contributed by atoms with Gasteiger partial charge in [0.2, 0.25) is 0 Å². The molecule has 0 radical (unpaired) electrons. The van der Waals surface area contributed by atoms with Crippen LogP contribution in [-0.2, 0) is 10.8 Å². The maximum atomic E-state index is 11.7. The Kier molecular flexibility index (Phi) is 4.90. The van der Waals surface area contributed by atoms with Crippen LogP contribution in [0.4, 0.5) is 17.2 Å². The quantitative estimate of drug-likeness (QED) is 0.478. The number of hydrogen-bond donors (Lipinski definition) is 3. The van der Waals surface area contributed by atoms with Crippen molar-refractivity contribution in [1.29, 1.82) is 0 Å². The second-order valence-corrected chi connectivity index (χ2v) is 8.22. The normalized spacial score (nSPS) is 12.1. The molecule has 0 spiro atoms. The number of pyridine rings is 2. The Bertz CT molecular complexity index is 1310. The summed E-state index contributed by atoms with van der Waals surface area (Å²) >= 11 is 0. The number of nitrogen functional groups attached to an aromatic ring is 1. The Balaban J connectivity index is 1.74. The fourth-order valence-electron chi connectivity index (χ4n) is 3.14. The molecule has 4 aromatic rings. The summed E-state index contributed by atoms with van der Waals surface area (Å²) in [6, 6.07) is 17.1. The fourth-order valence-corrected chi connectivity index (χ4v) is 3.71. The van der Waals surface area contributed by atoms with Crippen LogP contribution < -0.4 is 16.6 Å². The minimum Gasteiger partial charge on any atom is -0.382 e. The number of rotatable bonds is 4. The van der Waals surface area contributed by atoms with Crippen LogP contribution in [0.1, 0.15) is 5.56 Å². The van der Waals surface area contributed by atoms with E-state index in [0.717, 1.165) is 32.6 Å². The third-order valence-corrected chi connectivity index (χ3v) is 5.63. The fraction of sp³-hybridized carbons (Fsp3) is 0.0909. The molecular weight excluding hydrogens is 384 g/mol. The summed E-state index contributed by atoms with van der Waals surface area (Å²) in [7, 11) is -1.06. The molecule has 2 aromatic carbocycles. The minimum absolute atomic E-state index is 0.0919. The molecule has 1 atom stereocenters. The van der Waals surface area contributed by atoms with Crippen molar-refractivity contribution in [1.82, 2.24) is 9.97 Å². The second-order valence-electron chi connectivity index (χ2n) is 6.84. The third-order valence-electron chi connectivity index (χ3n) is 4.71. The van der Waals surface area contributed by atoms with Gasteiger partial charge in [0.1, 0.15) is 5.82 Å². The van der Waals surface area contributed by atoms with Gasteiger partial charge in [0.15, 0.2) is 0 Å². The van der Waals surface area contributed by atoms with Crippen molar-refractivity contribution in [2.75, 3.05) is 17.3 Å². The van der Waals surface area contributed by atoms with Crippen molar-refractivity contribution in [3.8, 4) is 11.1 Å². The molecule has 0 saturated carbocycles. The van der Waals surface area contributed by atoms with Crippen LogP contribution in [-0.4, -0.2) is 20.4 Å². The summed E-state index contributed by atoms with van der Waals surface area (Å²) in [4.78, 5) is 19.6. The lowest BCUT2D eigenvalue weighted by Gasteiger charge is -2.12. The van der Waals surface area contributed by atoms with Crippen molar-refractivity contribution in [3.05, 3.63) is 76.7 Å². The molecule has 0 bridgehead atoms. The molecule has 4 N–H and O–H groups in total. The molecule has 4 rings (SSSR count). The smallest absolute Gasteiger partial charge is 0.250 e. The Morgan fingerprint density at radius 1 is 1.07 bits per heavy atom. The van der Waals surface area contributed by atoms with E-state index in [2.05, 4.69) is 15.3 Å². The lowest BCUT2D eigenvalue weighted by Crippen LogP contribution is -2.07. The molecular formula is C22H20N4O2S. The summed E-state index contributed by atoms with van der Waals surface area (Å²) < 4.78 is 11.7. The summed E-state index contributed by atoms with van der Waals surface area (Å²) in [5.41, 5.74) is 10.8. The summed E-state index contributed by atoms with van der Waals surface area (Å²) in [6.07, 6.45) is 3.35. The maximum Gasteiger partial charge on any atom is 0.250 e. The Labute approximate surface area is 170 Å². The van der Waals surface area contributed by atoms with E-state index >= 15 is 0 Å². The highest BCUT2D eigenvalue weighted by Crippen LogP contribution is 2.29. The van der Waals surface area contributed by atoms with E-state index in [9.17, 15) is 9.00 Å². The molecule has 7 heteroatoms. The van der Waals surface area contributed by atoms with Gasteiger partial charge in [0, 0.05) is 44.8 Å². The maximum absolute atomic E-state index is 11.7. The molecule has 0 aliphatic heterocycles. The monoisotopic (exact) mass is 404 g/mol. The van der Waals surface area contributed by atoms with Gasteiger partial charge in [-0.2, -0.15) is 0 Å². The van der Waals surface area contributed by atoms with Gasteiger partial charge < -0.3 is 16.0 Å². The molecule has 29 heavy (non-hydrogen) atoms. The van der Waals surface area contributed by atoms with Crippen LogP contribution in [0.3, 0.4) is 0 Å². The molecule has 0 aliphatic rings. The van der Waals surface area contributed by atoms with Crippen LogP contribution in [0.2, 0.25) is 0 Å². The lowest BCUT2D eigenvalue weighted by molar-refractivity contribution is 0.687. The van der Waals surface area contributed by atoms with Crippen LogP contribution in [0.15, 0.2) is 70.5 Å². The van der Waals surface area contributed by atoms with Crippen LogP contribution in [0.25, 0.3) is 22.0 Å². The van der Waals surface area contributed by atoms with E-state index in [1.807, 2.05) is 54.6 Å². The van der Waals surface area contributed by atoms with Gasteiger partial charge >= 0.3 is 0 Å². The average Bonchev–Trinajstić information content (AvgIpc) is 2.70. The highest BCUT2D eigenvalue weighted by molar-refractivity contribution is 7.84. The zero-order chi connectivity index (χ0) is 20.5. The van der Waals surface area contributed by atoms with Crippen LogP contribution in [0.5, 0.6) is 0 Å². The summed E-state index contributed by atoms with van der Waals surface area (Å²) in [6.45, 7) is 1.78. The number of nitrogens with zero attached hydrogens (tertiary/aromatic N) is 1. The van der Waals surface area contributed by atoms with E-state index in [1.54, 1.807) is 19.4 Å². The predicted octanol–water partition coefficient (Wildman–Crippen LogP) is 3.96. The molecule has 0 aliphatic carbocycles. The van der Waals surface area contributed by atoms with Gasteiger partial charge in [-0.15, -0.1) is 0 Å². The van der Waals surface area contributed by atoms with E-state index in [1.165, 1.54) is 0 Å². The third kappa shape index (κ3) is 3.90. The van der Waals surface area contributed by atoms with E-state index in [0.29, 0.717) is 17.1 Å². The SMILES string of the molecule is Cc1cc(-c2ccc3nc(N)c(Nc4cccc(S(C)=O)c4)cc3c2)c[nH]c1=O. The van der Waals surface area contributed by atoms with Crippen molar-refractivity contribution < 1.29 is 4.21 Å². The first-order valence-electron chi connectivity index (χ1n) is 9.01. The highest BCUT2D eigenvalue weighted by Gasteiger charge is 2.08. The second kappa shape index (κ2) is 7.52. The van der Waals surface area contributed by atoms with Crippen molar-refractivity contribution >= 4 is 38.9 Å². The number of aromatic nitrogens is 2. The van der Waals surface area contributed by atoms with Crippen LogP contribution >= 0.6 is 0 Å². The number of hydrogen-bond acceptors (Lipinski definition) is 5. The Hall–Kier alpha value is -3.45. The summed E-state index contributed by atoms with van der Waals surface area (Å²) in [5.74, 6) is 0.383. The molecule has 2 heterocycles. The zero-order valence-corrected chi connectivity index (χ0v) is 16.8. The topological polar surface area (TPSA) is 101 Å². The van der Waals surface area contributed by atoms with Crippen molar-refractivity contribution in [3.63, 3.8) is 0 Å². The summed E-state index contributed by atoms with van der Waals surface area (Å²) in [5, 5.41) is 4.18. The number of H-pyrrole nitrogens is 1. The van der Waals surface area contributed by atoms with Gasteiger partial charge in [0.05, 0.1) is 11.2 Å². The first-order chi connectivity index (χ1) is 13.9. The Morgan fingerprint density at radius 2 is 1.90 bits per heavy atom. The standard InChI is InChI=1S/C22H20N4O2S/c1-13-8-16(12-24-22(13)27)14-6-7-19-15(9-14)10-20(21(23)26-19)25-17-4-3-5-18(11-17)29(2)28/h3-12,25H,1-2H3,(H2,23,26)(H,24,27). The average molecular weight is 404 g/mol. The van der Waals surface area contributed by atoms with Gasteiger partial charge in [-0.3, -0.25) is 9.00 Å². The zero-order valence-electron chi connectivity index (χ0n) is 16.0. The van der Waals surface area contributed by atoms with Gasteiger partial charge in [-0.1, -0.05) is 12.1 Å². The number of anilines is 3. The number of nitrogens with two attached hydrogens (primary N) is 1. The van der Waals surface area contributed by atoms with Crippen molar-refractivity contribution in [2.45, 2.75) is 11.8 Å². The number of aromatic amines is 1. The van der Waals surface area contributed by atoms with E-state index in [4.69, 9.17) is 5.73 Å². The lowest BCUT2D eigenvalue weighted by atomic mass is 10.0. The number of benzene rings is 2. The number of nitrogens with one attached hydrogen (secondary N) is 2. The highest BCUT2D eigenvalue weighted by atomic mass is 32.2. The van der Waals surface area contributed by atoms with E-state index in [-0.39, 0.29) is 5.56 Å². The predicted molar refractivity (Wildman–Crippen MR) is 119 cm³/mol. The number of fused-ring (bicyclic) bond motifs is 1. The number of aryl methyl sites for hydroxylation is 1. The largest absolute Gasteiger partial charge is 0.382 e. The molecule has 0 saturated heterocycles. The first kappa shape index (κ1) is 18.9. The van der Waals surface area contributed by atoms with Gasteiger partial charge in [0.25, 0.3) is 5.56 Å². The molecule has 0 fully saturated rings. The van der Waals surface area contributed by atoms with Gasteiger partial charge in [-0.25, -0.2) is 4.98 Å². The molecule has 2 aromatic heterocycles. The molecule has 1 unspecified atom stereocenters. The molecule has 146 valence electrons. The molecule has 0 amide bonds. The Morgan fingerprint density at radius 3 is 2.66 bits per heavy atom. The van der Waals surface area contributed by atoms with E-state index < -0.39 is 10.8 Å².